The van der Waals surface area contributed by atoms with Crippen molar-refractivity contribution in [3.63, 3.8) is 0 Å². The van der Waals surface area contributed by atoms with Crippen molar-refractivity contribution in [3.8, 4) is 0 Å². The molecule has 0 spiro atoms. The molecule has 3 heteroatoms. The van der Waals surface area contributed by atoms with Crippen LogP contribution < -0.4 is 5.32 Å². The molecule has 0 fully saturated rings. The van der Waals surface area contributed by atoms with Gasteiger partial charge in [-0.3, -0.25) is 4.79 Å². The zero-order valence-corrected chi connectivity index (χ0v) is 8.88. The first-order chi connectivity index (χ1) is 7.04. The number of rotatable bonds is 3. The van der Waals surface area contributed by atoms with Crippen molar-refractivity contribution in [1.82, 2.24) is 5.32 Å². The molecular weight excluding hydrogens is 193 g/mol. The molecular formula is C12H14FNO. The van der Waals surface area contributed by atoms with Gasteiger partial charge in [-0.1, -0.05) is 17.7 Å². The van der Waals surface area contributed by atoms with E-state index in [2.05, 4.69) is 11.9 Å². The quantitative estimate of drug-likeness (QED) is 0.758. The molecule has 1 atom stereocenters. The number of halogens is 1. The van der Waals surface area contributed by atoms with Crippen molar-refractivity contribution in [1.29, 1.82) is 0 Å². The zero-order chi connectivity index (χ0) is 11.4. The van der Waals surface area contributed by atoms with Crippen molar-refractivity contribution in [2.24, 2.45) is 0 Å². The van der Waals surface area contributed by atoms with Gasteiger partial charge in [0.05, 0.1) is 5.56 Å². The van der Waals surface area contributed by atoms with Gasteiger partial charge < -0.3 is 5.32 Å². The summed E-state index contributed by atoms with van der Waals surface area (Å²) in [5.41, 5.74) is 0.927. The monoisotopic (exact) mass is 207 g/mol. The minimum atomic E-state index is -0.505. The SMILES string of the molecule is C=CC(C)NC(=O)c1cc(C)ccc1F. The summed E-state index contributed by atoms with van der Waals surface area (Å²) in [6, 6.07) is 4.28. The number of amides is 1. The van der Waals surface area contributed by atoms with E-state index in [1.54, 1.807) is 19.1 Å². The highest BCUT2D eigenvalue weighted by atomic mass is 19.1. The smallest absolute Gasteiger partial charge is 0.254 e. The van der Waals surface area contributed by atoms with Gasteiger partial charge in [-0.2, -0.15) is 0 Å². The molecule has 0 aliphatic rings. The summed E-state index contributed by atoms with van der Waals surface area (Å²) in [7, 11) is 0. The van der Waals surface area contributed by atoms with Gasteiger partial charge in [0.15, 0.2) is 0 Å². The minimum Gasteiger partial charge on any atom is -0.346 e. The molecule has 0 aliphatic carbocycles. The molecule has 0 radical (unpaired) electrons. The Balaban J connectivity index is 2.90. The van der Waals surface area contributed by atoms with E-state index in [1.165, 1.54) is 12.1 Å². The maximum absolute atomic E-state index is 13.3. The van der Waals surface area contributed by atoms with Crippen LogP contribution in [0.4, 0.5) is 4.39 Å². The number of carbonyl (C=O) groups excluding carboxylic acids is 1. The van der Waals surface area contributed by atoms with Crippen LogP contribution in [0.5, 0.6) is 0 Å². The van der Waals surface area contributed by atoms with Gasteiger partial charge in [-0.05, 0) is 26.0 Å². The fourth-order valence-electron chi connectivity index (χ4n) is 1.16. The Labute approximate surface area is 88.8 Å². The third-order valence-corrected chi connectivity index (χ3v) is 2.08. The Morgan fingerprint density at radius 2 is 2.27 bits per heavy atom. The molecule has 1 aromatic rings. The molecule has 15 heavy (non-hydrogen) atoms. The third-order valence-electron chi connectivity index (χ3n) is 2.08. The van der Waals surface area contributed by atoms with Gasteiger partial charge in [0.1, 0.15) is 5.82 Å². The lowest BCUT2D eigenvalue weighted by Gasteiger charge is -2.10. The fraction of sp³-hybridized carbons (Fsp3) is 0.250. The van der Waals surface area contributed by atoms with E-state index < -0.39 is 11.7 Å². The van der Waals surface area contributed by atoms with E-state index in [1.807, 2.05) is 6.92 Å². The molecule has 1 rings (SSSR count). The van der Waals surface area contributed by atoms with Gasteiger partial charge in [-0.15, -0.1) is 6.58 Å². The van der Waals surface area contributed by atoms with E-state index in [-0.39, 0.29) is 11.6 Å². The predicted octanol–water partition coefficient (Wildman–Crippen LogP) is 2.44. The molecule has 1 aromatic carbocycles. The highest BCUT2D eigenvalue weighted by molar-refractivity contribution is 5.94. The highest BCUT2D eigenvalue weighted by Gasteiger charge is 2.12. The number of hydrogen-bond donors (Lipinski definition) is 1. The van der Waals surface area contributed by atoms with E-state index in [0.29, 0.717) is 0 Å². The number of aryl methyl sites for hydroxylation is 1. The number of benzene rings is 1. The molecule has 0 saturated heterocycles. The normalized spacial score (nSPS) is 11.9. The Morgan fingerprint density at radius 1 is 1.60 bits per heavy atom. The van der Waals surface area contributed by atoms with E-state index in [0.717, 1.165) is 5.56 Å². The Bertz CT molecular complexity index is 387. The summed E-state index contributed by atoms with van der Waals surface area (Å²) in [5, 5.41) is 2.62. The van der Waals surface area contributed by atoms with Crippen LogP contribution in [0.3, 0.4) is 0 Å². The first kappa shape index (κ1) is 11.4. The van der Waals surface area contributed by atoms with E-state index in [4.69, 9.17) is 0 Å². The molecule has 0 bridgehead atoms. The van der Waals surface area contributed by atoms with Gasteiger partial charge in [0.25, 0.3) is 5.91 Å². The first-order valence-corrected chi connectivity index (χ1v) is 4.74. The lowest BCUT2D eigenvalue weighted by atomic mass is 10.1. The summed E-state index contributed by atoms with van der Waals surface area (Å²) in [6.45, 7) is 7.13. The van der Waals surface area contributed by atoms with Crippen molar-refractivity contribution >= 4 is 5.91 Å². The third kappa shape index (κ3) is 2.91. The zero-order valence-electron chi connectivity index (χ0n) is 8.88. The molecule has 80 valence electrons. The Kier molecular flexibility index (Phi) is 3.61. The summed E-state index contributed by atoms with van der Waals surface area (Å²) in [4.78, 5) is 11.6. The summed E-state index contributed by atoms with van der Waals surface area (Å²) in [6.07, 6.45) is 1.59. The standard InChI is InChI=1S/C12H14FNO/c1-4-9(3)14-12(15)10-7-8(2)5-6-11(10)13/h4-7,9H,1H2,2-3H3,(H,14,15). The van der Waals surface area contributed by atoms with Crippen molar-refractivity contribution in [3.05, 3.63) is 47.8 Å². The molecule has 1 N–H and O–H groups in total. The van der Waals surface area contributed by atoms with Crippen LogP contribution in [-0.4, -0.2) is 11.9 Å². The number of carbonyl (C=O) groups is 1. The average Bonchev–Trinajstić information content (AvgIpc) is 2.21. The second-order valence-electron chi connectivity index (χ2n) is 3.48. The second-order valence-corrected chi connectivity index (χ2v) is 3.48. The van der Waals surface area contributed by atoms with E-state index >= 15 is 0 Å². The van der Waals surface area contributed by atoms with Gasteiger partial charge in [0.2, 0.25) is 0 Å². The molecule has 1 unspecified atom stereocenters. The molecule has 2 nitrogen and oxygen atoms in total. The molecule has 0 saturated carbocycles. The van der Waals surface area contributed by atoms with Crippen molar-refractivity contribution < 1.29 is 9.18 Å². The van der Waals surface area contributed by atoms with Gasteiger partial charge >= 0.3 is 0 Å². The van der Waals surface area contributed by atoms with Gasteiger partial charge in [-0.25, -0.2) is 4.39 Å². The topological polar surface area (TPSA) is 29.1 Å². The van der Waals surface area contributed by atoms with Gasteiger partial charge in [0, 0.05) is 6.04 Å². The Morgan fingerprint density at radius 3 is 2.87 bits per heavy atom. The first-order valence-electron chi connectivity index (χ1n) is 4.74. The van der Waals surface area contributed by atoms with Crippen LogP contribution in [0.15, 0.2) is 30.9 Å². The molecule has 0 aromatic heterocycles. The second kappa shape index (κ2) is 4.73. The van der Waals surface area contributed by atoms with Crippen molar-refractivity contribution in [2.45, 2.75) is 19.9 Å². The molecule has 0 heterocycles. The lowest BCUT2D eigenvalue weighted by molar-refractivity contribution is 0.0943. The molecule has 1 amide bonds. The van der Waals surface area contributed by atoms with Crippen LogP contribution in [0, 0.1) is 12.7 Å². The minimum absolute atomic E-state index is 0.0729. The van der Waals surface area contributed by atoms with Crippen LogP contribution in [-0.2, 0) is 0 Å². The summed E-state index contributed by atoms with van der Waals surface area (Å²) in [5.74, 6) is -0.919. The highest BCUT2D eigenvalue weighted by Crippen LogP contribution is 2.10. The largest absolute Gasteiger partial charge is 0.346 e. The maximum Gasteiger partial charge on any atom is 0.254 e. The van der Waals surface area contributed by atoms with Crippen LogP contribution >= 0.6 is 0 Å². The predicted molar refractivity (Wildman–Crippen MR) is 58.3 cm³/mol. The van der Waals surface area contributed by atoms with Crippen LogP contribution in [0.1, 0.15) is 22.8 Å². The Hall–Kier alpha value is -1.64. The number of nitrogens with one attached hydrogen (secondary N) is 1. The lowest BCUT2D eigenvalue weighted by Crippen LogP contribution is -2.31. The summed E-state index contributed by atoms with van der Waals surface area (Å²) < 4.78 is 13.3. The fourth-order valence-corrected chi connectivity index (χ4v) is 1.16. The average molecular weight is 207 g/mol. The van der Waals surface area contributed by atoms with Crippen molar-refractivity contribution in [2.75, 3.05) is 0 Å². The van der Waals surface area contributed by atoms with Crippen LogP contribution in [0.2, 0.25) is 0 Å². The molecule has 0 aliphatic heterocycles. The van der Waals surface area contributed by atoms with E-state index in [9.17, 15) is 9.18 Å². The maximum atomic E-state index is 13.3. The van der Waals surface area contributed by atoms with Crippen LogP contribution in [0.25, 0.3) is 0 Å². The number of hydrogen-bond acceptors (Lipinski definition) is 1. The summed E-state index contributed by atoms with van der Waals surface area (Å²) >= 11 is 0.